The fourth-order valence-corrected chi connectivity index (χ4v) is 0.975. The smallest absolute Gasteiger partial charge is 0.125 e. The molecule has 0 unspecified atom stereocenters. The van der Waals surface area contributed by atoms with Gasteiger partial charge in [-0.25, -0.2) is 4.39 Å². The quantitative estimate of drug-likeness (QED) is 0.597. The highest BCUT2D eigenvalue weighted by atomic mass is 19.1. The maximum Gasteiger partial charge on any atom is 0.125 e. The Morgan fingerprint density at radius 1 is 1.18 bits per heavy atom. The maximum absolute atomic E-state index is 12.8. The second-order valence-electron chi connectivity index (χ2n) is 2.88. The van der Waals surface area contributed by atoms with Gasteiger partial charge in [-0.1, -0.05) is 0 Å². The van der Waals surface area contributed by atoms with Crippen molar-refractivity contribution in [2.45, 2.75) is 6.92 Å². The van der Waals surface area contributed by atoms with Gasteiger partial charge in [0.05, 0.1) is 0 Å². The van der Waals surface area contributed by atoms with Crippen LogP contribution in [0.15, 0.2) is 18.2 Å². The van der Waals surface area contributed by atoms with Crippen LogP contribution in [0.5, 0.6) is 0 Å². The van der Waals surface area contributed by atoms with Crippen molar-refractivity contribution in [1.82, 2.24) is 0 Å². The number of rotatable bonds is 1. The van der Waals surface area contributed by atoms with Crippen molar-refractivity contribution in [2.24, 2.45) is 0 Å². The van der Waals surface area contributed by atoms with E-state index >= 15 is 0 Å². The Morgan fingerprint density at radius 3 is 2.27 bits per heavy atom. The lowest BCUT2D eigenvalue weighted by atomic mass is 10.2. The molecule has 0 heterocycles. The first-order valence-corrected chi connectivity index (χ1v) is 3.54. The van der Waals surface area contributed by atoms with Crippen LogP contribution in [0.1, 0.15) is 5.56 Å². The maximum atomic E-state index is 12.8. The van der Waals surface area contributed by atoms with Gasteiger partial charge < -0.3 is 4.90 Å². The number of nitrogens with zero attached hydrogens (tertiary/aromatic N) is 1. The summed E-state index contributed by atoms with van der Waals surface area (Å²) >= 11 is 0. The van der Waals surface area contributed by atoms with Gasteiger partial charge in [0.25, 0.3) is 0 Å². The van der Waals surface area contributed by atoms with Crippen LogP contribution >= 0.6 is 0 Å². The van der Waals surface area contributed by atoms with E-state index in [1.165, 1.54) is 12.1 Å². The van der Waals surface area contributed by atoms with Gasteiger partial charge in [0.15, 0.2) is 0 Å². The predicted molar refractivity (Wildman–Crippen MR) is 45.5 cm³/mol. The first-order chi connectivity index (χ1) is 5.09. The second kappa shape index (κ2) is 2.91. The topological polar surface area (TPSA) is 3.24 Å². The van der Waals surface area contributed by atoms with Crippen LogP contribution in [0.2, 0.25) is 0 Å². The fraction of sp³-hybridized carbons (Fsp3) is 0.333. The minimum atomic E-state index is -0.172. The molecule has 0 saturated heterocycles. The average Bonchev–Trinajstić information content (AvgIpc) is 1.85. The van der Waals surface area contributed by atoms with Crippen LogP contribution in [0.3, 0.4) is 0 Å². The summed E-state index contributed by atoms with van der Waals surface area (Å²) in [7, 11) is 3.79. The lowest BCUT2D eigenvalue weighted by Crippen LogP contribution is -2.08. The standard InChI is InChI=1S/C9H12FN/c1-7-4-8(10)6-9(5-7)11(2)3/h4-6H,1-3H3. The van der Waals surface area contributed by atoms with Crippen molar-refractivity contribution in [1.29, 1.82) is 0 Å². The number of hydrogen-bond donors (Lipinski definition) is 0. The summed E-state index contributed by atoms with van der Waals surface area (Å²) in [6.45, 7) is 1.88. The van der Waals surface area contributed by atoms with E-state index in [2.05, 4.69) is 0 Å². The minimum absolute atomic E-state index is 0.172. The molecule has 0 amide bonds. The van der Waals surface area contributed by atoms with E-state index in [9.17, 15) is 4.39 Å². The molecule has 1 nitrogen and oxygen atoms in total. The van der Waals surface area contributed by atoms with E-state index in [-0.39, 0.29) is 5.82 Å². The van der Waals surface area contributed by atoms with Gasteiger partial charge in [-0.05, 0) is 30.7 Å². The zero-order valence-electron chi connectivity index (χ0n) is 7.06. The molecular formula is C9H12FN. The van der Waals surface area contributed by atoms with Crippen LogP contribution in [0.4, 0.5) is 10.1 Å². The molecule has 1 aromatic rings. The SMILES string of the molecule is Cc1cc(F)cc(N(C)C)c1. The molecule has 0 spiro atoms. The summed E-state index contributed by atoms with van der Waals surface area (Å²) in [6, 6.07) is 4.99. The predicted octanol–water partition coefficient (Wildman–Crippen LogP) is 2.20. The summed E-state index contributed by atoms with van der Waals surface area (Å²) in [4.78, 5) is 1.88. The highest BCUT2D eigenvalue weighted by Gasteiger charge is 1.98. The lowest BCUT2D eigenvalue weighted by Gasteiger charge is -2.12. The molecule has 0 bridgehead atoms. The van der Waals surface area contributed by atoms with Gasteiger partial charge in [-0.15, -0.1) is 0 Å². The van der Waals surface area contributed by atoms with Gasteiger partial charge in [-0.3, -0.25) is 0 Å². The number of benzene rings is 1. The van der Waals surface area contributed by atoms with Gasteiger partial charge in [0.2, 0.25) is 0 Å². The third kappa shape index (κ3) is 1.93. The van der Waals surface area contributed by atoms with Crippen LogP contribution < -0.4 is 4.90 Å². The molecule has 0 aliphatic carbocycles. The number of hydrogen-bond acceptors (Lipinski definition) is 1. The van der Waals surface area contributed by atoms with Crippen molar-refractivity contribution >= 4 is 5.69 Å². The van der Waals surface area contributed by atoms with Gasteiger partial charge in [0.1, 0.15) is 5.82 Å². The molecule has 0 saturated carbocycles. The van der Waals surface area contributed by atoms with Crippen molar-refractivity contribution in [3.05, 3.63) is 29.6 Å². The molecule has 0 aliphatic rings. The molecular weight excluding hydrogens is 141 g/mol. The Kier molecular flexibility index (Phi) is 2.13. The Morgan fingerprint density at radius 2 is 1.82 bits per heavy atom. The summed E-state index contributed by atoms with van der Waals surface area (Å²) in [5.74, 6) is -0.172. The van der Waals surface area contributed by atoms with E-state index in [4.69, 9.17) is 0 Å². The Hall–Kier alpha value is -1.05. The van der Waals surface area contributed by atoms with Gasteiger partial charge in [0, 0.05) is 19.8 Å². The molecule has 1 rings (SSSR count). The zero-order valence-corrected chi connectivity index (χ0v) is 7.06. The zero-order chi connectivity index (χ0) is 8.43. The molecule has 0 radical (unpaired) electrons. The number of aryl methyl sites for hydroxylation is 1. The molecule has 1 aromatic carbocycles. The summed E-state index contributed by atoms with van der Waals surface area (Å²) in [5, 5.41) is 0. The van der Waals surface area contributed by atoms with Crippen molar-refractivity contribution in [2.75, 3.05) is 19.0 Å². The molecule has 0 N–H and O–H groups in total. The summed E-state index contributed by atoms with van der Waals surface area (Å²) < 4.78 is 12.8. The van der Waals surface area contributed by atoms with Crippen LogP contribution in [-0.2, 0) is 0 Å². The highest BCUT2D eigenvalue weighted by molar-refractivity contribution is 5.47. The van der Waals surface area contributed by atoms with E-state index < -0.39 is 0 Å². The first kappa shape index (κ1) is 8.05. The highest BCUT2D eigenvalue weighted by Crippen LogP contribution is 2.15. The van der Waals surface area contributed by atoms with Crippen LogP contribution in [0, 0.1) is 12.7 Å². The van der Waals surface area contributed by atoms with Gasteiger partial charge in [-0.2, -0.15) is 0 Å². The lowest BCUT2D eigenvalue weighted by molar-refractivity contribution is 0.626. The van der Waals surface area contributed by atoms with Crippen molar-refractivity contribution in [3.8, 4) is 0 Å². The molecule has 0 aliphatic heterocycles. The fourth-order valence-electron chi connectivity index (χ4n) is 0.975. The summed E-state index contributed by atoms with van der Waals surface area (Å²) in [5.41, 5.74) is 1.86. The van der Waals surface area contributed by atoms with E-state index in [1.807, 2.05) is 32.0 Å². The van der Waals surface area contributed by atoms with Crippen molar-refractivity contribution < 1.29 is 4.39 Å². The Balaban J connectivity index is 3.08. The molecule has 11 heavy (non-hydrogen) atoms. The third-order valence-electron chi connectivity index (χ3n) is 1.54. The van der Waals surface area contributed by atoms with Crippen molar-refractivity contribution in [3.63, 3.8) is 0 Å². The first-order valence-electron chi connectivity index (χ1n) is 3.54. The Bertz CT molecular complexity index is 235. The summed E-state index contributed by atoms with van der Waals surface area (Å²) in [6.07, 6.45) is 0. The van der Waals surface area contributed by atoms with E-state index in [0.717, 1.165) is 11.3 Å². The minimum Gasteiger partial charge on any atom is -0.378 e. The second-order valence-corrected chi connectivity index (χ2v) is 2.88. The number of anilines is 1. The average molecular weight is 153 g/mol. The largest absolute Gasteiger partial charge is 0.378 e. The monoisotopic (exact) mass is 153 g/mol. The molecule has 2 heteroatoms. The van der Waals surface area contributed by atoms with Crippen LogP contribution in [0.25, 0.3) is 0 Å². The van der Waals surface area contributed by atoms with Crippen LogP contribution in [-0.4, -0.2) is 14.1 Å². The van der Waals surface area contributed by atoms with E-state index in [1.54, 1.807) is 0 Å². The Labute approximate surface area is 66.5 Å². The molecule has 60 valence electrons. The normalized spacial score (nSPS) is 9.82. The van der Waals surface area contributed by atoms with E-state index in [0.29, 0.717) is 0 Å². The molecule has 0 aromatic heterocycles. The van der Waals surface area contributed by atoms with Gasteiger partial charge >= 0.3 is 0 Å². The molecule has 0 fully saturated rings. The molecule has 0 atom stereocenters. The third-order valence-corrected chi connectivity index (χ3v) is 1.54. The number of halogens is 1.